The van der Waals surface area contributed by atoms with Crippen LogP contribution in [0.25, 0.3) is 11.4 Å². The van der Waals surface area contributed by atoms with E-state index in [0.29, 0.717) is 11.7 Å². The highest BCUT2D eigenvalue weighted by molar-refractivity contribution is 5.55. The quantitative estimate of drug-likeness (QED) is 0.796. The van der Waals surface area contributed by atoms with Crippen LogP contribution in [-0.4, -0.2) is 17.3 Å². The van der Waals surface area contributed by atoms with E-state index in [0.717, 1.165) is 16.9 Å². The third-order valence-corrected chi connectivity index (χ3v) is 3.21. The Kier molecular flexibility index (Phi) is 3.66. The fraction of sp³-hybridized carbons (Fsp3) is 0.125. The molecule has 5 nitrogen and oxygen atoms in total. The second kappa shape index (κ2) is 5.76. The highest BCUT2D eigenvalue weighted by atomic mass is 16.5. The van der Waals surface area contributed by atoms with Crippen molar-refractivity contribution in [2.75, 3.05) is 7.11 Å². The average molecular weight is 281 g/mol. The zero-order valence-corrected chi connectivity index (χ0v) is 11.6. The first-order valence-electron chi connectivity index (χ1n) is 6.56. The number of hydrogen-bond donors (Lipinski definition) is 1. The number of nitrogens with two attached hydrogens (primary N) is 1. The van der Waals surface area contributed by atoms with Crippen molar-refractivity contribution < 1.29 is 9.26 Å². The lowest BCUT2D eigenvalue weighted by Gasteiger charge is -2.05. The van der Waals surface area contributed by atoms with Crippen LogP contribution in [0.1, 0.15) is 17.5 Å². The molecule has 0 radical (unpaired) electrons. The van der Waals surface area contributed by atoms with Gasteiger partial charge in [0.1, 0.15) is 11.8 Å². The van der Waals surface area contributed by atoms with Gasteiger partial charge in [-0.25, -0.2) is 0 Å². The monoisotopic (exact) mass is 281 g/mol. The van der Waals surface area contributed by atoms with Gasteiger partial charge in [0.2, 0.25) is 11.7 Å². The van der Waals surface area contributed by atoms with Crippen LogP contribution < -0.4 is 10.5 Å². The van der Waals surface area contributed by atoms with Crippen LogP contribution in [0.2, 0.25) is 0 Å². The molecule has 0 fully saturated rings. The lowest BCUT2D eigenvalue weighted by molar-refractivity contribution is 0.367. The summed E-state index contributed by atoms with van der Waals surface area (Å²) >= 11 is 0. The van der Waals surface area contributed by atoms with Crippen LogP contribution in [0.3, 0.4) is 0 Å². The lowest BCUT2D eigenvalue weighted by atomic mass is 10.1. The summed E-state index contributed by atoms with van der Waals surface area (Å²) in [5, 5.41) is 3.98. The van der Waals surface area contributed by atoms with Gasteiger partial charge in [-0.1, -0.05) is 35.5 Å². The van der Waals surface area contributed by atoms with E-state index in [2.05, 4.69) is 10.1 Å². The van der Waals surface area contributed by atoms with Gasteiger partial charge in [-0.2, -0.15) is 4.98 Å². The number of ether oxygens (including phenoxy) is 1. The van der Waals surface area contributed by atoms with Gasteiger partial charge < -0.3 is 15.0 Å². The van der Waals surface area contributed by atoms with E-state index in [4.69, 9.17) is 15.0 Å². The van der Waals surface area contributed by atoms with Crippen molar-refractivity contribution in [3.05, 3.63) is 66.1 Å². The maximum atomic E-state index is 6.14. The summed E-state index contributed by atoms with van der Waals surface area (Å²) in [7, 11) is 1.63. The Morgan fingerprint density at radius 1 is 1.05 bits per heavy atom. The van der Waals surface area contributed by atoms with E-state index in [1.807, 2.05) is 54.6 Å². The minimum atomic E-state index is -0.425. The Morgan fingerprint density at radius 2 is 1.76 bits per heavy atom. The average Bonchev–Trinajstić information content (AvgIpc) is 3.05. The molecule has 2 aromatic carbocycles. The molecule has 0 aliphatic rings. The third kappa shape index (κ3) is 2.78. The molecule has 21 heavy (non-hydrogen) atoms. The van der Waals surface area contributed by atoms with E-state index in [-0.39, 0.29) is 0 Å². The summed E-state index contributed by atoms with van der Waals surface area (Å²) in [5.41, 5.74) is 7.92. The molecule has 0 spiro atoms. The van der Waals surface area contributed by atoms with E-state index in [1.54, 1.807) is 7.11 Å². The largest absolute Gasteiger partial charge is 0.497 e. The van der Waals surface area contributed by atoms with Gasteiger partial charge in [-0.05, 0) is 29.8 Å². The van der Waals surface area contributed by atoms with Gasteiger partial charge >= 0.3 is 0 Å². The summed E-state index contributed by atoms with van der Waals surface area (Å²) in [5.74, 6) is 1.69. The Hall–Kier alpha value is -2.66. The molecule has 0 unspecified atom stereocenters. The first-order valence-corrected chi connectivity index (χ1v) is 6.56. The SMILES string of the molecule is COc1ccc(-c2noc([C@@H](N)c3ccccc3)n2)cc1. The molecule has 1 heterocycles. The summed E-state index contributed by atoms with van der Waals surface area (Å²) in [4.78, 5) is 4.37. The van der Waals surface area contributed by atoms with Crippen LogP contribution >= 0.6 is 0 Å². The Labute approximate surface area is 122 Å². The first kappa shape index (κ1) is 13.3. The van der Waals surface area contributed by atoms with Gasteiger partial charge in [-0.15, -0.1) is 0 Å². The van der Waals surface area contributed by atoms with E-state index in [1.165, 1.54) is 0 Å². The van der Waals surface area contributed by atoms with Crippen LogP contribution in [0.5, 0.6) is 5.75 Å². The molecule has 3 aromatic rings. The van der Waals surface area contributed by atoms with Gasteiger partial charge in [0, 0.05) is 5.56 Å². The first-order chi connectivity index (χ1) is 10.3. The molecule has 2 N–H and O–H groups in total. The predicted octanol–water partition coefficient (Wildman–Crippen LogP) is 2.79. The lowest BCUT2D eigenvalue weighted by Crippen LogP contribution is -2.11. The number of rotatable bonds is 4. The normalized spacial score (nSPS) is 12.1. The van der Waals surface area contributed by atoms with Crippen molar-refractivity contribution in [2.45, 2.75) is 6.04 Å². The van der Waals surface area contributed by atoms with Crippen LogP contribution in [0.4, 0.5) is 0 Å². The van der Waals surface area contributed by atoms with Crippen LogP contribution in [0.15, 0.2) is 59.1 Å². The minimum Gasteiger partial charge on any atom is -0.497 e. The number of nitrogens with zero attached hydrogens (tertiary/aromatic N) is 2. The molecule has 106 valence electrons. The molecule has 1 aromatic heterocycles. The topological polar surface area (TPSA) is 74.2 Å². The van der Waals surface area contributed by atoms with Gasteiger partial charge in [-0.3, -0.25) is 0 Å². The second-order valence-electron chi connectivity index (χ2n) is 4.57. The van der Waals surface area contributed by atoms with Crippen LogP contribution in [0, 0.1) is 0 Å². The number of benzene rings is 2. The van der Waals surface area contributed by atoms with Gasteiger partial charge in [0.25, 0.3) is 0 Å². The molecule has 0 aliphatic carbocycles. The third-order valence-electron chi connectivity index (χ3n) is 3.21. The molecular weight excluding hydrogens is 266 g/mol. The summed E-state index contributed by atoms with van der Waals surface area (Å²) in [6.07, 6.45) is 0. The number of aromatic nitrogens is 2. The predicted molar refractivity (Wildman–Crippen MR) is 78.8 cm³/mol. The molecular formula is C16H15N3O2. The maximum absolute atomic E-state index is 6.14. The molecule has 1 atom stereocenters. The van der Waals surface area contributed by atoms with Crippen molar-refractivity contribution in [3.8, 4) is 17.1 Å². The smallest absolute Gasteiger partial charge is 0.248 e. The van der Waals surface area contributed by atoms with Crippen LogP contribution in [-0.2, 0) is 0 Å². The number of methoxy groups -OCH3 is 1. The molecule has 0 saturated heterocycles. The summed E-state index contributed by atoms with van der Waals surface area (Å²) in [6, 6.07) is 16.7. The molecule has 0 aliphatic heterocycles. The maximum Gasteiger partial charge on any atom is 0.248 e. The Morgan fingerprint density at radius 3 is 2.43 bits per heavy atom. The fourth-order valence-corrected chi connectivity index (χ4v) is 2.02. The zero-order chi connectivity index (χ0) is 14.7. The standard InChI is InChI=1S/C16H15N3O2/c1-20-13-9-7-12(8-10-13)15-18-16(21-19-15)14(17)11-5-3-2-4-6-11/h2-10,14H,17H2,1H3/t14-/m0/s1. The molecule has 0 bridgehead atoms. The van der Waals surface area contributed by atoms with Gasteiger partial charge in [0.05, 0.1) is 7.11 Å². The van der Waals surface area contributed by atoms with Crippen molar-refractivity contribution in [2.24, 2.45) is 5.73 Å². The van der Waals surface area contributed by atoms with Crippen molar-refractivity contribution in [1.82, 2.24) is 10.1 Å². The van der Waals surface area contributed by atoms with Gasteiger partial charge in [0.15, 0.2) is 0 Å². The van der Waals surface area contributed by atoms with Crippen molar-refractivity contribution in [1.29, 1.82) is 0 Å². The number of hydrogen-bond acceptors (Lipinski definition) is 5. The second-order valence-corrected chi connectivity index (χ2v) is 4.57. The molecule has 5 heteroatoms. The van der Waals surface area contributed by atoms with E-state index < -0.39 is 6.04 Å². The zero-order valence-electron chi connectivity index (χ0n) is 11.6. The highest BCUT2D eigenvalue weighted by Crippen LogP contribution is 2.23. The molecule has 0 amide bonds. The van der Waals surface area contributed by atoms with E-state index in [9.17, 15) is 0 Å². The molecule has 3 rings (SSSR count). The molecule has 0 saturated carbocycles. The fourth-order valence-electron chi connectivity index (χ4n) is 2.02. The summed E-state index contributed by atoms with van der Waals surface area (Å²) < 4.78 is 10.4. The highest BCUT2D eigenvalue weighted by Gasteiger charge is 2.17. The van der Waals surface area contributed by atoms with Crippen molar-refractivity contribution >= 4 is 0 Å². The minimum absolute atomic E-state index is 0.395. The Balaban J connectivity index is 1.85. The van der Waals surface area contributed by atoms with E-state index >= 15 is 0 Å². The Bertz CT molecular complexity index is 708. The summed E-state index contributed by atoms with van der Waals surface area (Å²) in [6.45, 7) is 0. The van der Waals surface area contributed by atoms with Crippen molar-refractivity contribution in [3.63, 3.8) is 0 Å².